The van der Waals surface area contributed by atoms with Gasteiger partial charge in [0.2, 0.25) is 5.91 Å². The number of esters is 1. The lowest BCUT2D eigenvalue weighted by molar-refractivity contribution is -0.120. The topological polar surface area (TPSA) is 105 Å². The van der Waals surface area contributed by atoms with E-state index in [4.69, 9.17) is 9.39 Å². The maximum Gasteiger partial charge on any atom is 0.547 e. The van der Waals surface area contributed by atoms with E-state index in [0.29, 0.717) is 17.5 Å². The number of benzene rings is 2. The molecule has 0 aromatic heterocycles. The molecule has 1 heterocycles. The minimum Gasteiger partial charge on any atom is -0.534 e. The van der Waals surface area contributed by atoms with Crippen LogP contribution in [0.15, 0.2) is 42.5 Å². The average molecular weight is 369 g/mol. The van der Waals surface area contributed by atoms with Crippen LogP contribution >= 0.6 is 0 Å². The fourth-order valence-corrected chi connectivity index (χ4v) is 3.03. The van der Waals surface area contributed by atoms with E-state index in [0.717, 1.165) is 0 Å². The van der Waals surface area contributed by atoms with Crippen molar-refractivity contribution in [2.75, 3.05) is 6.61 Å². The molecule has 1 amide bonds. The van der Waals surface area contributed by atoms with Gasteiger partial charge in [0.05, 0.1) is 19.0 Å². The molecule has 0 bridgehead atoms. The summed E-state index contributed by atoms with van der Waals surface area (Å²) in [7, 11) is -1.29. The molecular weight excluding hydrogens is 349 g/mol. The maximum absolute atomic E-state index is 12.3. The Balaban J connectivity index is 1.70. The van der Waals surface area contributed by atoms with Crippen molar-refractivity contribution in [2.45, 2.75) is 25.7 Å². The predicted molar refractivity (Wildman–Crippen MR) is 98.4 cm³/mol. The van der Waals surface area contributed by atoms with Gasteiger partial charge in [0, 0.05) is 0 Å². The number of phenols is 1. The molecule has 0 unspecified atom stereocenters. The van der Waals surface area contributed by atoms with Gasteiger partial charge in [0.25, 0.3) is 0 Å². The number of amides is 1. The number of ether oxygens (including phenoxy) is 1. The Morgan fingerprint density at radius 2 is 2.07 bits per heavy atom. The first-order valence-electron chi connectivity index (χ1n) is 8.69. The summed E-state index contributed by atoms with van der Waals surface area (Å²) in [4.78, 5) is 24.3. The highest BCUT2D eigenvalue weighted by Crippen LogP contribution is 2.30. The average Bonchev–Trinajstić information content (AvgIpc) is 2.62. The summed E-state index contributed by atoms with van der Waals surface area (Å²) in [5, 5.41) is 22.5. The van der Waals surface area contributed by atoms with Crippen LogP contribution in [0.2, 0.25) is 0 Å². The Kier molecular flexibility index (Phi) is 5.66. The van der Waals surface area contributed by atoms with Gasteiger partial charge in [-0.15, -0.1) is 0 Å². The van der Waals surface area contributed by atoms with Gasteiger partial charge in [-0.1, -0.05) is 24.3 Å². The van der Waals surface area contributed by atoms with Gasteiger partial charge in [0.15, 0.2) is 0 Å². The third-order valence-corrected chi connectivity index (χ3v) is 4.24. The van der Waals surface area contributed by atoms with Gasteiger partial charge in [-0.3, -0.25) is 4.79 Å². The summed E-state index contributed by atoms with van der Waals surface area (Å²) in [6.45, 7) is 1.94. The van der Waals surface area contributed by atoms with Crippen molar-refractivity contribution in [2.24, 2.45) is 0 Å². The summed E-state index contributed by atoms with van der Waals surface area (Å²) in [5.74, 6) is -1.12. The van der Waals surface area contributed by atoms with Crippen LogP contribution in [0.25, 0.3) is 0 Å². The van der Waals surface area contributed by atoms with Crippen LogP contribution in [0.4, 0.5) is 0 Å². The van der Waals surface area contributed by atoms with E-state index in [1.807, 2.05) is 0 Å². The van der Waals surface area contributed by atoms with E-state index < -0.39 is 19.0 Å². The molecule has 0 saturated carbocycles. The second-order valence-corrected chi connectivity index (χ2v) is 6.25. The molecule has 1 aliphatic heterocycles. The van der Waals surface area contributed by atoms with Gasteiger partial charge in [-0.2, -0.15) is 0 Å². The lowest BCUT2D eigenvalue weighted by Gasteiger charge is -2.29. The standard InChI is InChI=1S/C19H20BNO6/c1-2-26-19(24)15-8-4-6-13-11-16(20(25)27-18(13)15)21-17(23)10-12-5-3-7-14(22)9-12/h3-9,16,22,25H,2,10-11H2,1H3,(H,21,23)/t16-/m0/s1. The van der Waals surface area contributed by atoms with Crippen LogP contribution in [0.5, 0.6) is 11.5 Å². The Morgan fingerprint density at radius 3 is 2.81 bits per heavy atom. The maximum atomic E-state index is 12.3. The molecule has 0 spiro atoms. The third kappa shape index (κ3) is 4.40. The smallest absolute Gasteiger partial charge is 0.534 e. The van der Waals surface area contributed by atoms with Crippen molar-refractivity contribution >= 4 is 19.0 Å². The largest absolute Gasteiger partial charge is 0.547 e. The first-order valence-corrected chi connectivity index (χ1v) is 8.69. The van der Waals surface area contributed by atoms with E-state index in [2.05, 4.69) is 5.32 Å². The molecule has 3 N–H and O–H groups in total. The van der Waals surface area contributed by atoms with E-state index in [1.54, 1.807) is 37.3 Å². The minimum absolute atomic E-state index is 0.0628. The van der Waals surface area contributed by atoms with Crippen molar-refractivity contribution in [1.82, 2.24) is 5.32 Å². The lowest BCUT2D eigenvalue weighted by atomic mass is 9.72. The zero-order valence-electron chi connectivity index (χ0n) is 14.8. The second kappa shape index (κ2) is 8.13. The van der Waals surface area contributed by atoms with Gasteiger partial charge in [-0.05, 0) is 42.7 Å². The molecule has 0 saturated heterocycles. The van der Waals surface area contributed by atoms with Crippen LogP contribution < -0.4 is 9.97 Å². The van der Waals surface area contributed by atoms with E-state index in [9.17, 15) is 19.7 Å². The minimum atomic E-state index is -1.29. The van der Waals surface area contributed by atoms with Gasteiger partial charge in [0.1, 0.15) is 17.1 Å². The molecular formula is C19H20BNO6. The quantitative estimate of drug-likeness (QED) is 0.541. The molecule has 2 aromatic rings. The lowest BCUT2D eigenvalue weighted by Crippen LogP contribution is -2.53. The summed E-state index contributed by atoms with van der Waals surface area (Å²) >= 11 is 0. The number of carbonyl (C=O) groups excluding carboxylic acids is 2. The highest BCUT2D eigenvalue weighted by Gasteiger charge is 2.37. The number of rotatable bonds is 5. The molecule has 0 fully saturated rings. The Bertz CT molecular complexity index is 856. The Morgan fingerprint density at radius 1 is 1.30 bits per heavy atom. The van der Waals surface area contributed by atoms with E-state index in [1.165, 1.54) is 12.1 Å². The molecule has 1 atom stereocenters. The number of hydrogen-bond donors (Lipinski definition) is 3. The number of carbonyl (C=O) groups is 2. The molecule has 0 aliphatic carbocycles. The van der Waals surface area contributed by atoms with Crippen LogP contribution in [0.1, 0.15) is 28.4 Å². The summed E-state index contributed by atoms with van der Waals surface area (Å²) in [6, 6.07) is 11.5. The van der Waals surface area contributed by atoms with Crippen molar-refractivity contribution in [1.29, 1.82) is 0 Å². The van der Waals surface area contributed by atoms with Crippen molar-refractivity contribution in [3.05, 3.63) is 59.2 Å². The van der Waals surface area contributed by atoms with Crippen LogP contribution in [0.3, 0.4) is 0 Å². The number of phenolic OH excluding ortho intramolecular Hbond substituents is 1. The zero-order chi connectivity index (χ0) is 19.4. The van der Waals surface area contributed by atoms with E-state index >= 15 is 0 Å². The van der Waals surface area contributed by atoms with Crippen LogP contribution in [-0.4, -0.2) is 41.7 Å². The second-order valence-electron chi connectivity index (χ2n) is 6.25. The summed E-state index contributed by atoms with van der Waals surface area (Å²) in [6.07, 6.45) is 0.378. The number of nitrogens with one attached hydrogen (secondary N) is 1. The normalized spacial score (nSPS) is 15.5. The Hall–Kier alpha value is -3.00. The molecule has 1 aliphatic rings. The van der Waals surface area contributed by atoms with Crippen LogP contribution in [-0.2, 0) is 22.4 Å². The summed E-state index contributed by atoms with van der Waals surface area (Å²) in [5.41, 5.74) is 1.61. The highest BCUT2D eigenvalue weighted by atomic mass is 16.5. The molecule has 0 radical (unpaired) electrons. The van der Waals surface area contributed by atoms with Crippen molar-refractivity contribution in [3.63, 3.8) is 0 Å². The zero-order valence-corrected chi connectivity index (χ0v) is 14.8. The molecule has 7 nitrogen and oxygen atoms in total. The van der Waals surface area contributed by atoms with Crippen molar-refractivity contribution < 1.29 is 29.1 Å². The van der Waals surface area contributed by atoms with E-state index in [-0.39, 0.29) is 36.0 Å². The number of aromatic hydroxyl groups is 1. The van der Waals surface area contributed by atoms with Crippen molar-refractivity contribution in [3.8, 4) is 11.5 Å². The molecule has 8 heteroatoms. The number of fused-ring (bicyclic) bond motifs is 1. The molecule has 3 rings (SSSR count). The van der Waals surface area contributed by atoms with Gasteiger partial charge >= 0.3 is 13.1 Å². The SMILES string of the molecule is CCOC(=O)c1cccc2c1OB(O)[C@@H](NC(=O)Cc1cccc(O)c1)C2. The Labute approximate surface area is 157 Å². The number of hydrogen-bond acceptors (Lipinski definition) is 6. The molecule has 27 heavy (non-hydrogen) atoms. The fraction of sp³-hybridized carbons (Fsp3) is 0.263. The first kappa shape index (κ1) is 18.8. The number of para-hydroxylation sites is 1. The van der Waals surface area contributed by atoms with Gasteiger partial charge < -0.3 is 24.8 Å². The third-order valence-electron chi connectivity index (χ3n) is 4.24. The monoisotopic (exact) mass is 369 g/mol. The fourth-order valence-electron chi connectivity index (χ4n) is 3.03. The predicted octanol–water partition coefficient (Wildman–Crippen LogP) is 1.25. The van der Waals surface area contributed by atoms with Crippen LogP contribution in [0, 0.1) is 0 Å². The highest BCUT2D eigenvalue weighted by molar-refractivity contribution is 6.47. The summed E-state index contributed by atoms with van der Waals surface area (Å²) < 4.78 is 10.5. The molecule has 140 valence electrons. The first-order chi connectivity index (χ1) is 13.0. The van der Waals surface area contributed by atoms with Gasteiger partial charge in [-0.25, -0.2) is 4.79 Å². The molecule has 2 aromatic carbocycles.